The summed E-state index contributed by atoms with van der Waals surface area (Å²) in [5.74, 6) is 1.43. The van der Waals surface area contributed by atoms with Gasteiger partial charge >= 0.3 is 0 Å². The number of nitrogens with zero attached hydrogens (tertiary/aromatic N) is 3. The van der Waals surface area contributed by atoms with Crippen molar-refractivity contribution in [2.45, 2.75) is 44.6 Å². The fraction of sp³-hybridized carbons (Fsp3) is 0.348. The zero-order chi connectivity index (χ0) is 22.5. The first-order valence-corrected chi connectivity index (χ1v) is 11.0. The number of ether oxygens (including phenoxy) is 1. The van der Waals surface area contributed by atoms with Gasteiger partial charge in [0.15, 0.2) is 5.82 Å². The van der Waals surface area contributed by atoms with E-state index >= 15 is 0 Å². The lowest BCUT2D eigenvalue weighted by molar-refractivity contribution is 0.415. The van der Waals surface area contributed by atoms with E-state index in [9.17, 15) is 10.2 Å². The van der Waals surface area contributed by atoms with Crippen LogP contribution in [0.25, 0.3) is 11.4 Å². The summed E-state index contributed by atoms with van der Waals surface area (Å²) < 4.78 is 5.20. The highest BCUT2D eigenvalue weighted by atomic mass is 35.5. The number of halogens is 1. The molecule has 1 aromatic heterocycles. The molecule has 9 heteroatoms. The molecule has 1 heterocycles. The lowest BCUT2D eigenvalue weighted by Gasteiger charge is -2.17. The van der Waals surface area contributed by atoms with Gasteiger partial charge in [0.1, 0.15) is 17.2 Å². The van der Waals surface area contributed by atoms with Crippen LogP contribution in [0.2, 0.25) is 5.02 Å². The highest BCUT2D eigenvalue weighted by Gasteiger charge is 2.17. The maximum absolute atomic E-state index is 10.3. The maximum Gasteiger partial charge on any atom is 0.232 e. The normalized spacial score (nSPS) is 14.6. The molecular formula is C23H26ClN5O3. The summed E-state index contributed by atoms with van der Waals surface area (Å²) in [6.07, 6.45) is 6.94. The van der Waals surface area contributed by atoms with E-state index in [1.807, 2.05) is 6.07 Å². The summed E-state index contributed by atoms with van der Waals surface area (Å²) in [6.45, 7) is 0. The number of benzene rings is 2. The van der Waals surface area contributed by atoms with Crippen molar-refractivity contribution in [3.05, 3.63) is 41.4 Å². The van der Waals surface area contributed by atoms with E-state index in [1.54, 1.807) is 25.3 Å². The summed E-state index contributed by atoms with van der Waals surface area (Å²) in [4.78, 5) is 13.6. The highest BCUT2D eigenvalue weighted by Crippen LogP contribution is 2.32. The third kappa shape index (κ3) is 5.31. The Bertz CT molecular complexity index is 1090. The molecule has 0 spiro atoms. The minimum Gasteiger partial charge on any atom is -0.508 e. The minimum absolute atomic E-state index is 0.0386. The second kappa shape index (κ2) is 9.91. The standard InChI is InChI=1S/C23H26ClN5O3/c1-32-20-11-8-15(12-18(20)24)26-23-28-21(17-10-9-16(30)13-19(17)31)27-22(29-23)25-14-6-4-2-3-5-7-14/h8-14,30-31H,2-7H2,1H3,(H2,25,26,27,28,29). The van der Waals surface area contributed by atoms with Gasteiger partial charge in [-0.3, -0.25) is 0 Å². The van der Waals surface area contributed by atoms with Gasteiger partial charge in [0.25, 0.3) is 0 Å². The van der Waals surface area contributed by atoms with Crippen LogP contribution in [-0.2, 0) is 0 Å². The Labute approximate surface area is 191 Å². The number of methoxy groups -OCH3 is 1. The van der Waals surface area contributed by atoms with Gasteiger partial charge in [-0.15, -0.1) is 0 Å². The van der Waals surface area contributed by atoms with E-state index in [4.69, 9.17) is 16.3 Å². The molecule has 1 aliphatic rings. The van der Waals surface area contributed by atoms with Crippen molar-refractivity contribution in [1.82, 2.24) is 15.0 Å². The summed E-state index contributed by atoms with van der Waals surface area (Å²) >= 11 is 6.25. The van der Waals surface area contributed by atoms with Crippen molar-refractivity contribution in [2.75, 3.05) is 17.7 Å². The molecule has 4 rings (SSSR count). The van der Waals surface area contributed by atoms with Gasteiger partial charge < -0.3 is 25.6 Å². The van der Waals surface area contributed by atoms with Crippen LogP contribution < -0.4 is 15.4 Å². The average Bonchev–Trinajstić information content (AvgIpc) is 3.02. The molecule has 4 N–H and O–H groups in total. The van der Waals surface area contributed by atoms with Gasteiger partial charge in [-0.2, -0.15) is 15.0 Å². The van der Waals surface area contributed by atoms with Crippen molar-refractivity contribution < 1.29 is 14.9 Å². The lowest BCUT2D eigenvalue weighted by atomic mass is 10.1. The largest absolute Gasteiger partial charge is 0.508 e. The molecular weight excluding hydrogens is 430 g/mol. The molecule has 0 atom stereocenters. The maximum atomic E-state index is 10.3. The molecule has 0 aliphatic heterocycles. The average molecular weight is 456 g/mol. The fourth-order valence-corrected chi connectivity index (χ4v) is 4.06. The van der Waals surface area contributed by atoms with Crippen LogP contribution >= 0.6 is 11.6 Å². The first-order chi connectivity index (χ1) is 15.5. The Morgan fingerprint density at radius 2 is 1.69 bits per heavy atom. The second-order valence-corrected chi connectivity index (χ2v) is 8.22. The monoisotopic (exact) mass is 455 g/mol. The number of rotatable bonds is 6. The number of phenols is 2. The van der Waals surface area contributed by atoms with Crippen molar-refractivity contribution in [1.29, 1.82) is 0 Å². The van der Waals surface area contributed by atoms with Crippen LogP contribution in [0.15, 0.2) is 36.4 Å². The van der Waals surface area contributed by atoms with Crippen molar-refractivity contribution in [3.63, 3.8) is 0 Å². The summed E-state index contributed by atoms with van der Waals surface area (Å²) in [6, 6.07) is 9.88. The molecule has 0 unspecified atom stereocenters. The van der Waals surface area contributed by atoms with E-state index in [1.165, 1.54) is 37.8 Å². The number of hydrogen-bond donors (Lipinski definition) is 4. The number of aromatic hydroxyl groups is 2. The Kier molecular flexibility index (Phi) is 6.80. The molecule has 0 bridgehead atoms. The molecule has 0 radical (unpaired) electrons. The molecule has 8 nitrogen and oxygen atoms in total. The smallest absolute Gasteiger partial charge is 0.232 e. The van der Waals surface area contributed by atoms with Gasteiger partial charge in [0.2, 0.25) is 11.9 Å². The van der Waals surface area contributed by atoms with Crippen LogP contribution in [-0.4, -0.2) is 38.3 Å². The summed E-state index contributed by atoms with van der Waals surface area (Å²) in [7, 11) is 1.56. The molecule has 1 aliphatic carbocycles. The lowest BCUT2D eigenvalue weighted by Crippen LogP contribution is -2.20. The van der Waals surface area contributed by atoms with Gasteiger partial charge in [-0.1, -0.05) is 37.3 Å². The molecule has 2 aromatic carbocycles. The topological polar surface area (TPSA) is 112 Å². The molecule has 0 saturated heterocycles. The first kappa shape index (κ1) is 22.0. The van der Waals surface area contributed by atoms with E-state index < -0.39 is 0 Å². The predicted molar refractivity (Wildman–Crippen MR) is 125 cm³/mol. The van der Waals surface area contributed by atoms with Crippen LogP contribution in [0.5, 0.6) is 17.2 Å². The Hall–Kier alpha value is -3.26. The summed E-state index contributed by atoms with van der Waals surface area (Å²) in [5, 5.41) is 27.0. The zero-order valence-electron chi connectivity index (χ0n) is 17.8. The molecule has 168 valence electrons. The Morgan fingerprint density at radius 1 is 0.938 bits per heavy atom. The number of aromatic nitrogens is 3. The Balaban J connectivity index is 1.68. The van der Waals surface area contributed by atoms with Gasteiger partial charge in [0.05, 0.1) is 17.7 Å². The second-order valence-electron chi connectivity index (χ2n) is 7.81. The fourth-order valence-electron chi connectivity index (χ4n) is 3.81. The van der Waals surface area contributed by atoms with Crippen LogP contribution in [0.4, 0.5) is 17.6 Å². The number of nitrogens with one attached hydrogen (secondary N) is 2. The number of hydrogen-bond acceptors (Lipinski definition) is 8. The van der Waals surface area contributed by atoms with E-state index in [0.29, 0.717) is 33.9 Å². The van der Waals surface area contributed by atoms with Crippen molar-refractivity contribution >= 4 is 29.2 Å². The third-order valence-corrected chi connectivity index (χ3v) is 5.75. The van der Waals surface area contributed by atoms with Crippen LogP contribution in [0.1, 0.15) is 38.5 Å². The highest BCUT2D eigenvalue weighted by molar-refractivity contribution is 6.32. The zero-order valence-corrected chi connectivity index (χ0v) is 18.6. The minimum atomic E-state index is -0.116. The van der Waals surface area contributed by atoms with Gasteiger partial charge in [-0.05, 0) is 43.2 Å². The first-order valence-electron chi connectivity index (χ1n) is 10.7. The third-order valence-electron chi connectivity index (χ3n) is 5.45. The Morgan fingerprint density at radius 3 is 2.38 bits per heavy atom. The van der Waals surface area contributed by atoms with Crippen LogP contribution in [0, 0.1) is 0 Å². The number of anilines is 3. The van der Waals surface area contributed by atoms with Crippen LogP contribution in [0.3, 0.4) is 0 Å². The van der Waals surface area contributed by atoms with Crippen molar-refractivity contribution in [2.24, 2.45) is 0 Å². The van der Waals surface area contributed by atoms with E-state index in [2.05, 4.69) is 25.6 Å². The molecule has 3 aromatic rings. The molecule has 0 amide bonds. The van der Waals surface area contributed by atoms with Crippen molar-refractivity contribution in [3.8, 4) is 28.6 Å². The molecule has 32 heavy (non-hydrogen) atoms. The quantitative estimate of drug-likeness (QED) is 0.361. The number of phenolic OH excluding ortho intramolecular Hbond substituents is 2. The SMILES string of the molecule is COc1ccc(Nc2nc(NC3CCCCCC3)nc(-c3ccc(O)cc3O)n2)cc1Cl. The molecule has 1 saturated carbocycles. The predicted octanol–water partition coefficient (Wildman–Crippen LogP) is 5.49. The van der Waals surface area contributed by atoms with Gasteiger partial charge in [-0.25, -0.2) is 0 Å². The van der Waals surface area contributed by atoms with Gasteiger partial charge in [0, 0.05) is 17.8 Å². The van der Waals surface area contributed by atoms with E-state index in [-0.39, 0.29) is 23.4 Å². The molecule has 1 fully saturated rings. The van der Waals surface area contributed by atoms with E-state index in [0.717, 1.165) is 12.8 Å². The summed E-state index contributed by atoms with van der Waals surface area (Å²) in [5.41, 5.74) is 1.08.